The van der Waals surface area contributed by atoms with Crippen molar-refractivity contribution in [2.45, 2.75) is 13.2 Å². The maximum Gasteiger partial charge on any atom is 0.180 e. The zero-order chi connectivity index (χ0) is 21.7. The number of hydrogen-bond acceptors (Lipinski definition) is 4. The van der Waals surface area contributed by atoms with Gasteiger partial charge in [0.15, 0.2) is 11.5 Å². The van der Waals surface area contributed by atoms with Gasteiger partial charge in [0.25, 0.3) is 0 Å². The van der Waals surface area contributed by atoms with Gasteiger partial charge in [0.05, 0.1) is 24.3 Å². The van der Waals surface area contributed by atoms with Gasteiger partial charge < -0.3 is 19.5 Å². The molecule has 3 aromatic rings. The number of ether oxygens (including phenoxy) is 3. The summed E-state index contributed by atoms with van der Waals surface area (Å²) in [6.07, 6.45) is 0. The molecule has 0 fully saturated rings. The van der Waals surface area contributed by atoms with Gasteiger partial charge in [-0.3, -0.25) is 0 Å². The van der Waals surface area contributed by atoms with Crippen LogP contribution in [0, 0.1) is 0 Å². The first-order chi connectivity index (χ1) is 14.4. The van der Waals surface area contributed by atoms with E-state index in [4.69, 9.17) is 60.6 Å². The van der Waals surface area contributed by atoms with Crippen LogP contribution < -0.4 is 19.5 Å². The van der Waals surface area contributed by atoms with Crippen molar-refractivity contribution in [2.24, 2.45) is 0 Å². The van der Waals surface area contributed by atoms with E-state index in [-0.39, 0.29) is 6.61 Å². The molecule has 3 aromatic carbocycles. The Morgan fingerprint density at radius 3 is 2.10 bits per heavy atom. The minimum absolute atomic E-state index is 0.163. The van der Waals surface area contributed by atoms with E-state index in [0.717, 1.165) is 11.3 Å². The molecule has 0 heterocycles. The third kappa shape index (κ3) is 5.38. The largest absolute Gasteiger partial charge is 0.495 e. The first kappa shape index (κ1) is 22.7. The van der Waals surface area contributed by atoms with Gasteiger partial charge in [0.2, 0.25) is 0 Å². The molecule has 0 aliphatic carbocycles. The minimum Gasteiger partial charge on any atom is -0.495 e. The fraction of sp³-hybridized carbons (Fsp3) is 0.182. The third-order valence-corrected chi connectivity index (χ3v) is 5.64. The summed E-state index contributed by atoms with van der Waals surface area (Å²) < 4.78 is 16.5. The summed E-state index contributed by atoms with van der Waals surface area (Å²) in [6, 6.07) is 14.4. The van der Waals surface area contributed by atoms with E-state index in [1.165, 1.54) is 0 Å². The second-order valence-electron chi connectivity index (χ2n) is 6.30. The lowest BCUT2D eigenvalue weighted by Gasteiger charge is -2.16. The maximum atomic E-state index is 6.47. The fourth-order valence-corrected chi connectivity index (χ4v) is 3.86. The Morgan fingerprint density at radius 1 is 0.767 bits per heavy atom. The Balaban J connectivity index is 1.74. The molecule has 0 spiro atoms. The normalized spacial score (nSPS) is 10.6. The van der Waals surface area contributed by atoms with Crippen molar-refractivity contribution < 1.29 is 14.2 Å². The molecule has 3 rings (SSSR count). The predicted octanol–water partition coefficient (Wildman–Crippen LogP) is 7.51. The molecule has 4 nitrogen and oxygen atoms in total. The molecule has 0 aliphatic rings. The number of methoxy groups -OCH3 is 2. The Morgan fingerprint density at radius 2 is 1.47 bits per heavy atom. The molecule has 0 saturated heterocycles. The molecule has 0 saturated carbocycles. The highest BCUT2D eigenvalue weighted by Gasteiger charge is 2.14. The van der Waals surface area contributed by atoms with Gasteiger partial charge in [-0.15, -0.1) is 0 Å². The third-order valence-electron chi connectivity index (χ3n) is 4.36. The molecule has 0 bridgehead atoms. The highest BCUT2D eigenvalue weighted by atomic mass is 35.5. The molecule has 0 unspecified atom stereocenters. The van der Waals surface area contributed by atoms with Crippen LogP contribution in [0.2, 0.25) is 20.1 Å². The molecular formula is C22H19Cl4NO3. The number of benzene rings is 3. The monoisotopic (exact) mass is 485 g/mol. The SMILES string of the molecule is COc1ccc(NCc2cc(Cl)c(OCc3c(Cl)cccc3Cl)c(OC)c2)cc1Cl. The van der Waals surface area contributed by atoms with Gasteiger partial charge in [-0.1, -0.05) is 52.5 Å². The van der Waals surface area contributed by atoms with Crippen molar-refractivity contribution in [3.8, 4) is 17.2 Å². The number of anilines is 1. The van der Waals surface area contributed by atoms with E-state index >= 15 is 0 Å². The summed E-state index contributed by atoms with van der Waals surface area (Å²) in [7, 11) is 3.13. The van der Waals surface area contributed by atoms with Gasteiger partial charge >= 0.3 is 0 Å². The zero-order valence-corrected chi connectivity index (χ0v) is 19.3. The molecule has 0 aromatic heterocycles. The summed E-state index contributed by atoms with van der Waals surface area (Å²) in [6.45, 7) is 0.673. The van der Waals surface area contributed by atoms with Crippen LogP contribution in [-0.2, 0) is 13.2 Å². The summed E-state index contributed by atoms with van der Waals surface area (Å²) in [5, 5.41) is 5.29. The van der Waals surface area contributed by atoms with Gasteiger partial charge in [-0.05, 0) is 48.0 Å². The molecule has 30 heavy (non-hydrogen) atoms. The van der Waals surface area contributed by atoms with Crippen LogP contribution in [-0.4, -0.2) is 14.2 Å². The standard InChI is InChI=1S/C22H19Cl4NO3/c1-28-20-7-6-14(10-18(20)25)27-11-13-8-19(26)22(21(9-13)29-2)30-12-15-16(23)4-3-5-17(15)24/h3-10,27H,11-12H2,1-2H3. The minimum atomic E-state index is 0.163. The number of hydrogen-bond donors (Lipinski definition) is 1. The topological polar surface area (TPSA) is 39.7 Å². The van der Waals surface area contributed by atoms with Crippen LogP contribution in [0.15, 0.2) is 48.5 Å². The lowest BCUT2D eigenvalue weighted by atomic mass is 10.2. The molecule has 0 amide bonds. The first-order valence-corrected chi connectivity index (χ1v) is 10.4. The second kappa shape index (κ2) is 10.4. The highest BCUT2D eigenvalue weighted by Crippen LogP contribution is 2.38. The van der Waals surface area contributed by atoms with E-state index in [0.29, 0.717) is 49.4 Å². The summed E-state index contributed by atoms with van der Waals surface area (Å²) in [5.74, 6) is 1.55. The maximum absolute atomic E-state index is 6.47. The van der Waals surface area contributed by atoms with E-state index in [1.807, 2.05) is 18.2 Å². The van der Waals surface area contributed by atoms with Crippen LogP contribution in [0.3, 0.4) is 0 Å². The first-order valence-electron chi connectivity index (χ1n) is 8.92. The number of halogens is 4. The van der Waals surface area contributed by atoms with Crippen molar-refractivity contribution in [3.05, 3.63) is 79.7 Å². The zero-order valence-electron chi connectivity index (χ0n) is 16.3. The quantitative estimate of drug-likeness (QED) is 0.357. The molecule has 0 aliphatic heterocycles. The predicted molar refractivity (Wildman–Crippen MR) is 124 cm³/mol. The van der Waals surface area contributed by atoms with Crippen LogP contribution in [0.25, 0.3) is 0 Å². The second-order valence-corrected chi connectivity index (χ2v) is 7.93. The van der Waals surface area contributed by atoms with Gasteiger partial charge in [-0.25, -0.2) is 0 Å². The Kier molecular flexibility index (Phi) is 7.84. The van der Waals surface area contributed by atoms with E-state index < -0.39 is 0 Å². The van der Waals surface area contributed by atoms with Crippen molar-refractivity contribution >= 4 is 52.1 Å². The molecule has 8 heteroatoms. The number of rotatable bonds is 8. The van der Waals surface area contributed by atoms with Crippen LogP contribution in [0.1, 0.15) is 11.1 Å². The van der Waals surface area contributed by atoms with E-state index in [9.17, 15) is 0 Å². The van der Waals surface area contributed by atoms with Crippen molar-refractivity contribution in [2.75, 3.05) is 19.5 Å². The average molecular weight is 487 g/mol. The smallest absolute Gasteiger partial charge is 0.180 e. The average Bonchev–Trinajstić information content (AvgIpc) is 2.72. The van der Waals surface area contributed by atoms with Crippen molar-refractivity contribution in [3.63, 3.8) is 0 Å². The van der Waals surface area contributed by atoms with Crippen LogP contribution in [0.4, 0.5) is 5.69 Å². The van der Waals surface area contributed by atoms with Crippen LogP contribution in [0.5, 0.6) is 17.2 Å². The number of nitrogens with one attached hydrogen (secondary N) is 1. The lowest BCUT2D eigenvalue weighted by molar-refractivity contribution is 0.284. The summed E-state index contributed by atoms with van der Waals surface area (Å²) in [5.41, 5.74) is 2.44. The fourth-order valence-electron chi connectivity index (χ4n) is 2.81. The summed E-state index contributed by atoms with van der Waals surface area (Å²) >= 11 is 25.1. The van der Waals surface area contributed by atoms with E-state index in [1.54, 1.807) is 44.6 Å². The Labute approximate surface area is 195 Å². The molecule has 0 radical (unpaired) electrons. The van der Waals surface area contributed by atoms with Crippen LogP contribution >= 0.6 is 46.4 Å². The van der Waals surface area contributed by atoms with Gasteiger partial charge in [-0.2, -0.15) is 0 Å². The van der Waals surface area contributed by atoms with E-state index in [2.05, 4.69) is 5.32 Å². The Bertz CT molecular complexity index is 1020. The van der Waals surface area contributed by atoms with Crippen molar-refractivity contribution in [1.29, 1.82) is 0 Å². The lowest BCUT2D eigenvalue weighted by Crippen LogP contribution is -2.03. The highest BCUT2D eigenvalue weighted by molar-refractivity contribution is 6.36. The molecular weight excluding hydrogens is 468 g/mol. The Hall–Kier alpha value is -1.98. The van der Waals surface area contributed by atoms with Gasteiger partial charge in [0.1, 0.15) is 12.4 Å². The molecule has 0 atom stereocenters. The molecule has 1 N–H and O–H groups in total. The molecule has 158 valence electrons. The van der Waals surface area contributed by atoms with Gasteiger partial charge in [0, 0.05) is 27.8 Å². The summed E-state index contributed by atoms with van der Waals surface area (Å²) in [4.78, 5) is 0. The van der Waals surface area contributed by atoms with Crippen molar-refractivity contribution in [1.82, 2.24) is 0 Å².